The summed E-state index contributed by atoms with van der Waals surface area (Å²) in [6.07, 6.45) is 1.41. The Balaban J connectivity index is 1.85. The van der Waals surface area contributed by atoms with Crippen LogP contribution in [0.3, 0.4) is 0 Å². The second-order valence-electron chi connectivity index (χ2n) is 5.68. The molecule has 1 aromatic rings. The first-order valence-corrected chi connectivity index (χ1v) is 7.92. The zero-order valence-corrected chi connectivity index (χ0v) is 14.3. The molecule has 2 rings (SSSR count). The van der Waals surface area contributed by atoms with E-state index in [9.17, 15) is 9.59 Å². The number of benzene rings is 1. The second kappa shape index (κ2) is 8.42. The fourth-order valence-corrected chi connectivity index (χ4v) is 2.77. The molecule has 1 saturated heterocycles. The molecule has 24 heavy (non-hydrogen) atoms. The van der Waals surface area contributed by atoms with E-state index in [1.807, 2.05) is 0 Å². The van der Waals surface area contributed by atoms with Crippen molar-refractivity contribution in [2.45, 2.75) is 12.8 Å². The van der Waals surface area contributed by atoms with Gasteiger partial charge in [-0.2, -0.15) is 0 Å². The summed E-state index contributed by atoms with van der Waals surface area (Å²) in [7, 11) is 4.48. The summed E-state index contributed by atoms with van der Waals surface area (Å²) in [4.78, 5) is 25.4. The number of amides is 2. The molecule has 1 fully saturated rings. The van der Waals surface area contributed by atoms with Gasteiger partial charge in [-0.1, -0.05) is 0 Å². The molecule has 0 unspecified atom stereocenters. The molecule has 0 aromatic heterocycles. The van der Waals surface area contributed by atoms with Crippen LogP contribution in [0.4, 0.5) is 4.79 Å². The number of hydrogen-bond donors (Lipinski definition) is 1. The van der Waals surface area contributed by atoms with E-state index in [-0.39, 0.29) is 12.0 Å². The summed E-state index contributed by atoms with van der Waals surface area (Å²) >= 11 is 0. The van der Waals surface area contributed by atoms with E-state index >= 15 is 0 Å². The summed E-state index contributed by atoms with van der Waals surface area (Å²) in [5, 5.41) is 2.95. The first-order chi connectivity index (χ1) is 11.6. The first-order valence-electron chi connectivity index (χ1n) is 7.92. The number of ether oxygens (including phenoxy) is 3. The van der Waals surface area contributed by atoms with Crippen molar-refractivity contribution in [3.8, 4) is 11.5 Å². The van der Waals surface area contributed by atoms with Crippen molar-refractivity contribution in [2.75, 3.05) is 41.0 Å². The zero-order chi connectivity index (χ0) is 17.5. The van der Waals surface area contributed by atoms with Crippen LogP contribution in [0.25, 0.3) is 0 Å². The minimum absolute atomic E-state index is 0.147. The largest absolute Gasteiger partial charge is 0.493 e. The molecule has 7 heteroatoms. The van der Waals surface area contributed by atoms with E-state index in [1.54, 1.807) is 30.2 Å². The predicted octanol–water partition coefficient (Wildman–Crippen LogP) is 1.91. The summed E-state index contributed by atoms with van der Waals surface area (Å²) in [5.74, 6) is 1.32. The van der Waals surface area contributed by atoms with Crippen molar-refractivity contribution >= 4 is 12.0 Å². The van der Waals surface area contributed by atoms with Crippen molar-refractivity contribution in [2.24, 2.45) is 5.92 Å². The minimum Gasteiger partial charge on any atom is -0.493 e. The van der Waals surface area contributed by atoms with Crippen LogP contribution in [0.1, 0.15) is 23.2 Å². The number of nitrogens with zero attached hydrogens (tertiary/aromatic N) is 1. The quantitative estimate of drug-likeness (QED) is 0.889. The third kappa shape index (κ3) is 4.31. The van der Waals surface area contributed by atoms with Crippen LogP contribution in [0, 0.1) is 5.92 Å². The number of hydrogen-bond acceptors (Lipinski definition) is 5. The molecule has 132 valence electrons. The van der Waals surface area contributed by atoms with Gasteiger partial charge in [-0.25, -0.2) is 4.79 Å². The highest BCUT2D eigenvalue weighted by Gasteiger charge is 2.23. The standard InChI is InChI=1S/C17H24N2O5/c1-22-14-5-4-13(10-15(14)23-2)16(20)18-11-12-6-8-19(9-7-12)17(21)24-3/h4-5,10,12H,6-9,11H2,1-3H3,(H,18,20). The Bertz CT molecular complexity index is 582. The van der Waals surface area contributed by atoms with Crippen LogP contribution in [-0.4, -0.2) is 57.9 Å². The fraction of sp³-hybridized carbons (Fsp3) is 0.529. The Hall–Kier alpha value is -2.44. The highest BCUT2D eigenvalue weighted by Crippen LogP contribution is 2.27. The van der Waals surface area contributed by atoms with E-state index in [4.69, 9.17) is 14.2 Å². The lowest BCUT2D eigenvalue weighted by Gasteiger charge is -2.30. The Morgan fingerprint density at radius 2 is 1.79 bits per heavy atom. The number of rotatable bonds is 5. The second-order valence-corrected chi connectivity index (χ2v) is 5.68. The SMILES string of the molecule is COC(=O)N1CCC(CNC(=O)c2ccc(OC)c(OC)c2)CC1. The number of methoxy groups -OCH3 is 3. The molecular formula is C17H24N2O5. The minimum atomic E-state index is -0.289. The lowest BCUT2D eigenvalue weighted by molar-refractivity contribution is 0.0914. The van der Waals surface area contributed by atoms with Gasteiger partial charge in [-0.05, 0) is 37.0 Å². The van der Waals surface area contributed by atoms with Gasteiger partial charge < -0.3 is 24.4 Å². The normalized spacial score (nSPS) is 14.9. The van der Waals surface area contributed by atoms with E-state index in [1.165, 1.54) is 14.2 Å². The highest BCUT2D eigenvalue weighted by molar-refractivity contribution is 5.94. The Kier molecular flexibility index (Phi) is 6.28. The molecule has 0 radical (unpaired) electrons. The van der Waals surface area contributed by atoms with Gasteiger partial charge in [0.1, 0.15) is 0 Å². The van der Waals surface area contributed by atoms with Gasteiger partial charge in [-0.3, -0.25) is 4.79 Å². The van der Waals surface area contributed by atoms with Gasteiger partial charge >= 0.3 is 6.09 Å². The first kappa shape index (κ1) is 17.9. The molecule has 1 aliphatic rings. The molecule has 0 spiro atoms. The fourth-order valence-electron chi connectivity index (χ4n) is 2.77. The molecule has 2 amide bonds. The third-order valence-electron chi connectivity index (χ3n) is 4.24. The summed E-state index contributed by atoms with van der Waals surface area (Å²) < 4.78 is 15.1. The van der Waals surface area contributed by atoms with E-state index in [2.05, 4.69) is 5.32 Å². The van der Waals surface area contributed by atoms with Crippen LogP contribution in [0.2, 0.25) is 0 Å². The third-order valence-corrected chi connectivity index (χ3v) is 4.24. The average Bonchev–Trinajstić information content (AvgIpc) is 2.65. The topological polar surface area (TPSA) is 77.1 Å². The van der Waals surface area contributed by atoms with Gasteiger partial charge in [0.25, 0.3) is 5.91 Å². The molecule has 0 saturated carbocycles. The molecule has 0 atom stereocenters. The Morgan fingerprint density at radius 1 is 1.12 bits per heavy atom. The number of likely N-dealkylation sites (tertiary alicyclic amines) is 1. The van der Waals surface area contributed by atoms with Crippen LogP contribution in [-0.2, 0) is 4.74 Å². The molecule has 0 bridgehead atoms. The Morgan fingerprint density at radius 3 is 2.38 bits per heavy atom. The Labute approximate surface area is 141 Å². The molecule has 1 aromatic carbocycles. The molecule has 1 aliphatic heterocycles. The van der Waals surface area contributed by atoms with Crippen LogP contribution in [0.15, 0.2) is 18.2 Å². The van der Waals surface area contributed by atoms with Crippen molar-refractivity contribution in [3.05, 3.63) is 23.8 Å². The predicted molar refractivity (Wildman–Crippen MR) is 88.6 cm³/mol. The summed E-state index contributed by atoms with van der Waals surface area (Å²) in [6, 6.07) is 5.08. The maximum atomic E-state index is 12.3. The van der Waals surface area contributed by atoms with Gasteiger partial charge in [0.2, 0.25) is 0 Å². The monoisotopic (exact) mass is 336 g/mol. The van der Waals surface area contributed by atoms with Crippen molar-refractivity contribution in [1.82, 2.24) is 10.2 Å². The van der Waals surface area contributed by atoms with Crippen LogP contribution in [0.5, 0.6) is 11.5 Å². The maximum Gasteiger partial charge on any atom is 0.409 e. The van der Waals surface area contributed by atoms with Gasteiger partial charge in [-0.15, -0.1) is 0 Å². The smallest absolute Gasteiger partial charge is 0.409 e. The van der Waals surface area contributed by atoms with Crippen LogP contribution >= 0.6 is 0 Å². The lowest BCUT2D eigenvalue weighted by atomic mass is 9.97. The number of piperidine rings is 1. The lowest BCUT2D eigenvalue weighted by Crippen LogP contribution is -2.41. The number of carbonyl (C=O) groups excluding carboxylic acids is 2. The molecule has 7 nitrogen and oxygen atoms in total. The molecule has 0 aliphatic carbocycles. The number of nitrogens with one attached hydrogen (secondary N) is 1. The maximum absolute atomic E-state index is 12.3. The van der Waals surface area contributed by atoms with Gasteiger partial charge in [0, 0.05) is 25.2 Å². The van der Waals surface area contributed by atoms with E-state index in [0.29, 0.717) is 42.6 Å². The highest BCUT2D eigenvalue weighted by atomic mass is 16.5. The van der Waals surface area contributed by atoms with E-state index in [0.717, 1.165) is 12.8 Å². The molecular weight excluding hydrogens is 312 g/mol. The van der Waals surface area contributed by atoms with Crippen molar-refractivity contribution in [1.29, 1.82) is 0 Å². The van der Waals surface area contributed by atoms with Crippen LogP contribution < -0.4 is 14.8 Å². The summed E-state index contributed by atoms with van der Waals surface area (Å²) in [6.45, 7) is 1.90. The van der Waals surface area contributed by atoms with Gasteiger partial charge in [0.05, 0.1) is 21.3 Å². The van der Waals surface area contributed by atoms with E-state index < -0.39 is 0 Å². The van der Waals surface area contributed by atoms with Gasteiger partial charge in [0.15, 0.2) is 11.5 Å². The average molecular weight is 336 g/mol. The zero-order valence-electron chi connectivity index (χ0n) is 14.3. The molecule has 1 N–H and O–H groups in total. The van der Waals surface area contributed by atoms with Crippen molar-refractivity contribution in [3.63, 3.8) is 0 Å². The molecule has 1 heterocycles. The summed E-state index contributed by atoms with van der Waals surface area (Å²) in [5.41, 5.74) is 0.527. The number of carbonyl (C=O) groups is 2. The van der Waals surface area contributed by atoms with Crippen molar-refractivity contribution < 1.29 is 23.8 Å².